The number of aromatic hydroxyl groups is 16. The first-order valence-corrected chi connectivity index (χ1v) is 25.4. The van der Waals surface area contributed by atoms with Crippen LogP contribution >= 0.6 is 0 Å². The second-order valence-corrected chi connectivity index (χ2v) is 18.6. The minimum Gasteiger partial charge on any atom is -0.872 e. The van der Waals surface area contributed by atoms with Crippen molar-refractivity contribution < 1.29 is 187 Å². The molecule has 10 aromatic carbocycles. The van der Waals surface area contributed by atoms with Gasteiger partial charge in [-0.15, -0.1) is 0 Å². The third kappa shape index (κ3) is 16.2. The summed E-state index contributed by atoms with van der Waals surface area (Å²) in [4.78, 5) is 74.0. The fraction of sp³-hybridized carbons (Fsp3) is 0. The van der Waals surface area contributed by atoms with E-state index in [-0.39, 0.29) is 33.2 Å². The Kier molecular flexibility index (Phi) is 23.5. The van der Waals surface area contributed by atoms with E-state index in [1.165, 1.54) is 24.3 Å². The molecule has 0 fully saturated rings. The molecule has 0 unspecified atom stereocenters. The molecule has 0 saturated heterocycles. The molecule has 0 aliphatic heterocycles. The lowest BCUT2D eigenvalue weighted by molar-refractivity contribution is -0.271. The summed E-state index contributed by atoms with van der Waals surface area (Å²) in [7, 11) is 0. The van der Waals surface area contributed by atoms with Crippen molar-refractivity contribution in [2.45, 2.75) is 0 Å². The van der Waals surface area contributed by atoms with Crippen LogP contribution in [-0.2, 0) is 0 Å². The molecule has 514 valence electrons. The summed E-state index contributed by atoms with van der Waals surface area (Å²) in [6.45, 7) is 0. The van der Waals surface area contributed by atoms with Crippen LogP contribution in [-0.4, -0.2) is 159 Å². The average molecular weight is 1370 g/mol. The Balaban J connectivity index is 0.000000243. The van der Waals surface area contributed by atoms with Gasteiger partial charge < -0.3 is 153 Å². The molecule has 37 nitrogen and oxygen atoms in total. The topological polar surface area (TPSA) is 746 Å². The summed E-state index contributed by atoms with van der Waals surface area (Å²) < 4.78 is 0. The van der Waals surface area contributed by atoms with Gasteiger partial charge in [0.15, 0.2) is 57.5 Å². The Morgan fingerprint density at radius 3 is 1.02 bits per heavy atom. The highest BCUT2D eigenvalue weighted by Gasteiger charge is 2.23. The van der Waals surface area contributed by atoms with E-state index >= 15 is 0 Å². The van der Waals surface area contributed by atoms with E-state index in [2.05, 4.69) is 0 Å². The van der Waals surface area contributed by atoms with Crippen LogP contribution in [0.25, 0.3) is 32.3 Å². The third-order valence-corrected chi connectivity index (χ3v) is 12.5. The van der Waals surface area contributed by atoms with Gasteiger partial charge in [-0.2, -0.15) is 0 Å². The first-order valence-electron chi connectivity index (χ1n) is 25.4. The summed E-state index contributed by atoms with van der Waals surface area (Å²) in [6.07, 6.45) is 0. The lowest BCUT2D eigenvalue weighted by Gasteiger charge is -2.16. The van der Waals surface area contributed by atoms with Crippen molar-refractivity contribution in [2.75, 3.05) is 0 Å². The summed E-state index contributed by atoms with van der Waals surface area (Å²) in [5.74, 6) is -33.0. The molecule has 0 aromatic heterocycles. The minimum atomic E-state index is -1.82. The van der Waals surface area contributed by atoms with Crippen molar-refractivity contribution in [3.8, 4) is 132 Å². The summed E-state index contributed by atoms with van der Waals surface area (Å²) in [5.41, 5.74) is -4.44. The largest absolute Gasteiger partial charge is 0.872 e. The van der Waals surface area contributed by atoms with E-state index in [1.54, 1.807) is 54.6 Å². The number of hydrogen-bond acceptors (Lipinski definition) is 30. The Hall–Kier alpha value is -15.3. The molecule has 0 aliphatic carbocycles. The fourth-order valence-corrected chi connectivity index (χ4v) is 7.86. The average Bonchev–Trinajstić information content (AvgIpc) is 0.817. The zero-order chi connectivity index (χ0) is 74.6. The fourth-order valence-electron chi connectivity index (χ4n) is 7.86. The molecule has 0 radical (unpaired) electrons. The normalized spacial score (nSPS) is 10.1. The van der Waals surface area contributed by atoms with Crippen LogP contribution in [0.4, 0.5) is 0 Å². The van der Waals surface area contributed by atoms with Crippen molar-refractivity contribution in [3.63, 3.8) is 0 Å². The van der Waals surface area contributed by atoms with Gasteiger partial charge in [-0.3, -0.25) is 0 Å². The standard InChI is InChI=1S/3C11H8O4.C7H6O7.3C7H6O6/c12-8-5-9(13)10(11(14)15)7-4-2-1-3-6(7)8;12-9-5-8(11(14)15)6-3-1-2-4-7(6)10(9)13;12-8-5-6-3-1-2-4-7(6)9(10(8)13)11(14)15;8-2-1(7(13)14)3(9)5(11)6(12)4(2)10;8-2-1-3(9)5(10)6(11)4(2)7(12)13;2*8-3-1-2(7(12)13)4(9)6(11)5(3)10/h3*1-5,12-13H,(H,14,15);8-12H,(H,13,14);3*1,8-11H,(H,12,13)/p-7. The van der Waals surface area contributed by atoms with Gasteiger partial charge in [0.05, 0.1) is 27.8 Å². The Labute approximate surface area is 539 Å². The lowest BCUT2D eigenvalue weighted by Crippen LogP contribution is -2.05. The number of benzene rings is 10. The van der Waals surface area contributed by atoms with E-state index in [9.17, 15) is 84.6 Å². The number of fused-ring (bicyclic) bond motifs is 3. The maximum Gasteiger partial charge on any atom is 0.340 e. The van der Waals surface area contributed by atoms with Crippen LogP contribution in [0, 0.1) is 0 Å². The van der Waals surface area contributed by atoms with Crippen molar-refractivity contribution in [3.05, 3.63) is 148 Å². The highest BCUT2D eigenvalue weighted by atomic mass is 16.4. The first-order chi connectivity index (χ1) is 45.5. The Morgan fingerprint density at radius 1 is 0.224 bits per heavy atom. The van der Waals surface area contributed by atoms with Gasteiger partial charge in [0, 0.05) is 6.07 Å². The van der Waals surface area contributed by atoms with E-state index in [1.807, 2.05) is 0 Å². The van der Waals surface area contributed by atoms with Gasteiger partial charge in [0.2, 0.25) is 11.5 Å². The van der Waals surface area contributed by atoms with E-state index in [0.29, 0.717) is 39.7 Å². The quantitative estimate of drug-likeness (QED) is 0.0801. The van der Waals surface area contributed by atoms with Gasteiger partial charge >= 0.3 is 41.8 Å². The van der Waals surface area contributed by atoms with Crippen LogP contribution in [0.2, 0.25) is 0 Å². The number of carboxylic acids is 7. The van der Waals surface area contributed by atoms with E-state index in [4.69, 9.17) is 102 Å². The van der Waals surface area contributed by atoms with Crippen molar-refractivity contribution in [1.29, 1.82) is 0 Å². The van der Waals surface area contributed by atoms with Crippen LogP contribution in [0.15, 0.2) is 109 Å². The van der Waals surface area contributed by atoms with Gasteiger partial charge in [-0.25, -0.2) is 33.6 Å². The van der Waals surface area contributed by atoms with Crippen LogP contribution in [0.1, 0.15) is 72.5 Å². The molecule has 0 heterocycles. The molecule has 0 spiro atoms. The first kappa shape index (κ1) is 75.1. The molecular weight excluding hydrogens is 1320 g/mol. The molecule has 37 heteroatoms. The second-order valence-electron chi connectivity index (χ2n) is 18.6. The molecule has 0 atom stereocenters. The van der Waals surface area contributed by atoms with Gasteiger partial charge in [-0.1, -0.05) is 90.0 Å². The van der Waals surface area contributed by atoms with Crippen LogP contribution in [0.5, 0.6) is 132 Å². The Bertz CT molecular complexity index is 4730. The maximum atomic E-state index is 11.5. The summed E-state index contributed by atoms with van der Waals surface area (Å²) in [6, 6.07) is 24.0. The van der Waals surface area contributed by atoms with E-state index in [0.717, 1.165) is 12.1 Å². The molecule has 23 N–H and O–H groups in total. The maximum absolute atomic E-state index is 11.5. The number of carbonyl (C=O) groups is 7. The van der Waals surface area contributed by atoms with E-state index < -0.39 is 191 Å². The SMILES string of the molecule is O=C(O)c1c(O)cc(O)c(O)c1[O-].O=C(O)c1c(O)cc([O-])c2ccccc12.O=C(O)c1c([O-])c(O)c(O)c(O)c1O.O=C(O)c1c([O-])c(O)cc2ccccc12.O=C(O)c1cc(O)c(O)c(O)c1[O-].O=C(O)c1cc(O)c(O)c(O)c1[O-].O=C(O)c1cc(O)c([O-])c2ccccc12. The van der Waals surface area contributed by atoms with Crippen LogP contribution < -0.4 is 35.7 Å². The highest BCUT2D eigenvalue weighted by Crippen LogP contribution is 2.50. The number of carboxylic acid groups (broad SMARTS) is 7. The number of aromatic carboxylic acids is 7. The number of hydrogen-bond donors (Lipinski definition) is 23. The summed E-state index contributed by atoms with van der Waals surface area (Å²) in [5, 5.41) is 283. The third-order valence-electron chi connectivity index (χ3n) is 12.5. The van der Waals surface area contributed by atoms with Crippen molar-refractivity contribution >= 4 is 74.1 Å². The zero-order valence-electron chi connectivity index (χ0n) is 47.9. The molecule has 0 bridgehead atoms. The molecule has 0 amide bonds. The highest BCUT2D eigenvalue weighted by molar-refractivity contribution is 6.09. The monoisotopic (exact) mass is 1370 g/mol. The smallest absolute Gasteiger partial charge is 0.340 e. The minimum absolute atomic E-state index is 0.0669. The second kappa shape index (κ2) is 30.7. The molecule has 10 aromatic rings. The number of rotatable bonds is 7. The summed E-state index contributed by atoms with van der Waals surface area (Å²) >= 11 is 0. The molecule has 0 aliphatic rings. The predicted octanol–water partition coefficient (Wildman–Crippen LogP) is 1.96. The van der Waals surface area contributed by atoms with Gasteiger partial charge in [0.25, 0.3) is 0 Å². The predicted molar refractivity (Wildman–Crippen MR) is 309 cm³/mol. The molecule has 98 heavy (non-hydrogen) atoms. The van der Waals surface area contributed by atoms with Gasteiger partial charge in [-0.05, 0) is 85.6 Å². The molecular formula is C61H41O37-7. The lowest BCUT2D eigenvalue weighted by atomic mass is 10.0. The van der Waals surface area contributed by atoms with Crippen molar-refractivity contribution in [2.24, 2.45) is 0 Å². The van der Waals surface area contributed by atoms with Crippen LogP contribution in [0.3, 0.4) is 0 Å². The van der Waals surface area contributed by atoms with Crippen molar-refractivity contribution in [1.82, 2.24) is 0 Å². The Morgan fingerprint density at radius 2 is 0.571 bits per heavy atom. The molecule has 10 rings (SSSR count). The van der Waals surface area contributed by atoms with Gasteiger partial charge in [0.1, 0.15) is 34.1 Å². The zero-order valence-corrected chi connectivity index (χ0v) is 47.9. The number of phenolic OH excluding ortho intramolecular Hbond substituents is 13. The number of phenols is 16. The molecule has 0 saturated carbocycles.